The Bertz CT molecular complexity index is 531. The maximum absolute atomic E-state index is 12.1. The van der Waals surface area contributed by atoms with E-state index in [0.717, 1.165) is 4.90 Å². The van der Waals surface area contributed by atoms with Crippen molar-refractivity contribution in [3.63, 3.8) is 0 Å². The molecular weight excluding hydrogens is 304 g/mol. The number of nitrogens with zero attached hydrogens (tertiary/aromatic N) is 2. The van der Waals surface area contributed by atoms with E-state index < -0.39 is 36.3 Å². The van der Waals surface area contributed by atoms with Gasteiger partial charge in [-0.15, -0.1) is 0 Å². The molecule has 9 nitrogen and oxygen atoms in total. The molecule has 0 spiro atoms. The van der Waals surface area contributed by atoms with Crippen molar-refractivity contribution in [1.29, 1.82) is 0 Å². The maximum atomic E-state index is 12.1. The average Bonchev–Trinajstić information content (AvgIpc) is 2.64. The highest BCUT2D eigenvalue weighted by Crippen LogP contribution is 2.13. The van der Waals surface area contributed by atoms with Gasteiger partial charge in [-0.25, -0.2) is 9.69 Å². The van der Waals surface area contributed by atoms with E-state index in [0.29, 0.717) is 11.4 Å². The normalized spacial score (nSPS) is 16.1. The Kier molecular flexibility index (Phi) is 6.23. The molecule has 128 valence electrons. The number of amides is 6. The molecule has 1 aliphatic heterocycles. The van der Waals surface area contributed by atoms with E-state index in [2.05, 4.69) is 10.6 Å². The van der Waals surface area contributed by atoms with Gasteiger partial charge in [0.25, 0.3) is 0 Å². The molecule has 1 aliphatic rings. The van der Waals surface area contributed by atoms with Crippen molar-refractivity contribution in [2.24, 2.45) is 5.92 Å². The van der Waals surface area contributed by atoms with Crippen LogP contribution in [0.2, 0.25) is 0 Å². The van der Waals surface area contributed by atoms with Gasteiger partial charge in [0.2, 0.25) is 11.8 Å². The second kappa shape index (κ2) is 7.70. The Morgan fingerprint density at radius 1 is 1.04 bits per heavy atom. The van der Waals surface area contributed by atoms with Gasteiger partial charge < -0.3 is 10.6 Å². The molecule has 0 aliphatic carbocycles. The molecule has 9 heteroatoms. The zero-order valence-electron chi connectivity index (χ0n) is 13.7. The summed E-state index contributed by atoms with van der Waals surface area (Å²) in [6.07, 6.45) is 0. The predicted octanol–water partition coefficient (Wildman–Crippen LogP) is -0.926. The van der Waals surface area contributed by atoms with Crippen LogP contribution in [0, 0.1) is 5.92 Å². The summed E-state index contributed by atoms with van der Waals surface area (Å²) in [5.74, 6) is -3.03. The lowest BCUT2D eigenvalue weighted by atomic mass is 10.2. The minimum absolute atomic E-state index is 0.00207. The topological polar surface area (TPSA) is 116 Å². The molecule has 0 radical (unpaired) electrons. The van der Waals surface area contributed by atoms with Crippen LogP contribution in [-0.4, -0.2) is 65.1 Å². The Labute approximate surface area is 134 Å². The fraction of sp³-hybridized carbons (Fsp3) is 0.643. The lowest BCUT2D eigenvalue weighted by Gasteiger charge is -2.18. The van der Waals surface area contributed by atoms with E-state index in [-0.39, 0.29) is 18.4 Å². The number of rotatable bonds is 7. The first-order valence-corrected chi connectivity index (χ1v) is 7.43. The van der Waals surface area contributed by atoms with E-state index in [4.69, 9.17) is 0 Å². The highest BCUT2D eigenvalue weighted by molar-refractivity contribution is 6.45. The van der Waals surface area contributed by atoms with Gasteiger partial charge in [0.05, 0.1) is 0 Å². The van der Waals surface area contributed by atoms with Crippen LogP contribution in [0.4, 0.5) is 4.79 Å². The molecule has 1 atom stereocenters. The zero-order chi connectivity index (χ0) is 17.7. The van der Waals surface area contributed by atoms with Crippen molar-refractivity contribution < 1.29 is 24.0 Å². The minimum atomic E-state index is -1.03. The van der Waals surface area contributed by atoms with Crippen LogP contribution in [0.1, 0.15) is 27.7 Å². The first-order valence-electron chi connectivity index (χ1n) is 7.43. The van der Waals surface area contributed by atoms with Crippen LogP contribution >= 0.6 is 0 Å². The molecule has 1 saturated heterocycles. The van der Waals surface area contributed by atoms with Gasteiger partial charge >= 0.3 is 17.8 Å². The molecule has 0 aromatic heterocycles. The number of carbonyl (C=O) groups excluding carboxylic acids is 5. The van der Waals surface area contributed by atoms with E-state index >= 15 is 0 Å². The molecule has 0 aromatic rings. The van der Waals surface area contributed by atoms with Crippen molar-refractivity contribution in [3.05, 3.63) is 0 Å². The predicted molar refractivity (Wildman–Crippen MR) is 79.9 cm³/mol. The summed E-state index contributed by atoms with van der Waals surface area (Å²) in [4.78, 5) is 60.5. The molecule has 2 N–H and O–H groups in total. The van der Waals surface area contributed by atoms with Gasteiger partial charge in [0.15, 0.2) is 0 Å². The Morgan fingerprint density at radius 3 is 2.13 bits per heavy atom. The number of hydrogen-bond acceptors (Lipinski definition) is 5. The number of hydrogen-bond donors (Lipinski definition) is 2. The summed E-state index contributed by atoms with van der Waals surface area (Å²) < 4.78 is 0. The zero-order valence-corrected chi connectivity index (χ0v) is 13.7. The van der Waals surface area contributed by atoms with Crippen molar-refractivity contribution in [2.75, 3.05) is 19.6 Å². The van der Waals surface area contributed by atoms with Crippen molar-refractivity contribution in [1.82, 2.24) is 20.4 Å². The summed E-state index contributed by atoms with van der Waals surface area (Å²) in [5.41, 5.74) is 0. The van der Waals surface area contributed by atoms with Gasteiger partial charge in [-0.05, 0) is 19.8 Å². The molecule has 0 aromatic carbocycles. The molecule has 1 rings (SSSR count). The Morgan fingerprint density at radius 2 is 1.61 bits per heavy atom. The highest BCUT2D eigenvalue weighted by atomic mass is 16.2. The third-order valence-electron chi connectivity index (χ3n) is 3.11. The molecule has 0 bridgehead atoms. The van der Waals surface area contributed by atoms with Gasteiger partial charge in [0, 0.05) is 13.1 Å². The third kappa shape index (κ3) is 4.51. The molecule has 1 fully saturated rings. The molecule has 23 heavy (non-hydrogen) atoms. The second-order valence-electron chi connectivity index (χ2n) is 5.67. The van der Waals surface area contributed by atoms with Crippen LogP contribution in [0.5, 0.6) is 0 Å². The number of carbonyl (C=O) groups is 5. The van der Waals surface area contributed by atoms with Crippen LogP contribution in [-0.2, 0) is 19.2 Å². The number of likely N-dealkylation sites (N-methyl/N-ethyl adjacent to an activating group) is 1. The molecule has 0 saturated carbocycles. The summed E-state index contributed by atoms with van der Waals surface area (Å²) in [5, 5.41) is 4.91. The molecule has 6 amide bonds. The SMILES string of the molecule is CCNC(=O)[C@H](C)NC(=O)CN1C(=O)C(=O)N(CC(C)C)C1=O. The van der Waals surface area contributed by atoms with E-state index in [1.54, 1.807) is 20.8 Å². The molecule has 1 heterocycles. The van der Waals surface area contributed by atoms with Crippen molar-refractivity contribution in [2.45, 2.75) is 33.7 Å². The second-order valence-corrected chi connectivity index (χ2v) is 5.67. The smallest absolute Gasteiger partial charge is 0.334 e. The summed E-state index contributed by atoms with van der Waals surface area (Å²) in [7, 11) is 0. The standard InChI is InChI=1S/C14H22N4O5/c1-5-15-11(20)9(4)16-10(19)7-18-13(22)12(21)17(14(18)23)6-8(2)3/h8-9H,5-7H2,1-4H3,(H,15,20)(H,16,19)/t9-/m0/s1. The largest absolute Gasteiger partial charge is 0.355 e. The Balaban J connectivity index is 2.67. The molecular formula is C14H22N4O5. The quantitative estimate of drug-likeness (QED) is 0.463. The van der Waals surface area contributed by atoms with Crippen molar-refractivity contribution >= 4 is 29.7 Å². The third-order valence-corrected chi connectivity index (χ3v) is 3.11. The van der Waals surface area contributed by atoms with E-state index in [9.17, 15) is 24.0 Å². The van der Waals surface area contributed by atoms with Gasteiger partial charge in [-0.3, -0.25) is 24.1 Å². The average molecular weight is 326 g/mol. The minimum Gasteiger partial charge on any atom is -0.355 e. The van der Waals surface area contributed by atoms with Gasteiger partial charge in [-0.2, -0.15) is 0 Å². The van der Waals surface area contributed by atoms with Crippen LogP contribution in [0.3, 0.4) is 0 Å². The highest BCUT2D eigenvalue weighted by Gasteiger charge is 2.45. The van der Waals surface area contributed by atoms with Gasteiger partial charge in [0.1, 0.15) is 12.6 Å². The van der Waals surface area contributed by atoms with Crippen LogP contribution < -0.4 is 10.6 Å². The number of urea groups is 1. The van der Waals surface area contributed by atoms with E-state index in [1.165, 1.54) is 6.92 Å². The summed E-state index contributed by atoms with van der Waals surface area (Å²) in [6, 6.07) is -1.62. The van der Waals surface area contributed by atoms with Crippen LogP contribution in [0.25, 0.3) is 0 Å². The number of nitrogens with one attached hydrogen (secondary N) is 2. The first-order chi connectivity index (χ1) is 10.7. The maximum Gasteiger partial charge on any atom is 0.334 e. The fourth-order valence-corrected chi connectivity index (χ4v) is 2.04. The Hall–Kier alpha value is -2.45. The van der Waals surface area contributed by atoms with Crippen LogP contribution in [0.15, 0.2) is 0 Å². The van der Waals surface area contributed by atoms with Crippen molar-refractivity contribution in [3.8, 4) is 0 Å². The molecule has 0 unspecified atom stereocenters. The summed E-state index contributed by atoms with van der Waals surface area (Å²) >= 11 is 0. The summed E-state index contributed by atoms with van der Waals surface area (Å²) in [6.45, 7) is 6.75. The monoisotopic (exact) mass is 326 g/mol. The van der Waals surface area contributed by atoms with Gasteiger partial charge in [-0.1, -0.05) is 13.8 Å². The first kappa shape index (κ1) is 18.6. The number of imide groups is 2. The lowest BCUT2D eigenvalue weighted by molar-refractivity contribution is -0.144. The van der Waals surface area contributed by atoms with E-state index in [1.807, 2.05) is 0 Å². The lowest BCUT2D eigenvalue weighted by Crippen LogP contribution is -2.49. The fourth-order valence-electron chi connectivity index (χ4n) is 2.04.